The third-order valence-corrected chi connectivity index (χ3v) is 9.75. The van der Waals surface area contributed by atoms with E-state index in [0.717, 1.165) is 48.2 Å². The minimum absolute atomic E-state index is 0.0178. The van der Waals surface area contributed by atoms with E-state index in [4.69, 9.17) is 14.7 Å². The lowest BCUT2D eigenvalue weighted by atomic mass is 9.65. The molecule has 2 amide bonds. The fraction of sp³-hybridized carbons (Fsp3) is 0.611. The zero-order chi connectivity index (χ0) is 32.0. The average Bonchev–Trinajstić information content (AvgIpc) is 3.26. The van der Waals surface area contributed by atoms with Gasteiger partial charge in [-0.2, -0.15) is 0 Å². The zero-order valence-corrected chi connectivity index (χ0v) is 27.1. The van der Waals surface area contributed by atoms with Gasteiger partial charge < -0.3 is 19.9 Å². The first-order valence-electron chi connectivity index (χ1n) is 16.6. The summed E-state index contributed by atoms with van der Waals surface area (Å²) in [6.07, 6.45) is 6.67. The second-order valence-corrected chi connectivity index (χ2v) is 14.6. The maximum Gasteiger partial charge on any atom is 0.243 e. The number of hydrogen-bond donors (Lipinski definition) is 4. The van der Waals surface area contributed by atoms with Gasteiger partial charge in [-0.25, -0.2) is 5.48 Å². The highest BCUT2D eigenvalue weighted by molar-refractivity contribution is 5.76. The van der Waals surface area contributed by atoms with E-state index in [0.29, 0.717) is 42.7 Å². The molecule has 2 unspecified atom stereocenters. The number of unbranched alkanes of at least 4 members (excludes halogenated alkanes) is 2. The Balaban J connectivity index is 1.20. The topological polar surface area (TPSA) is 120 Å². The predicted molar refractivity (Wildman–Crippen MR) is 171 cm³/mol. The van der Waals surface area contributed by atoms with Gasteiger partial charge in [0, 0.05) is 50.5 Å². The summed E-state index contributed by atoms with van der Waals surface area (Å²) >= 11 is 0. The van der Waals surface area contributed by atoms with Crippen LogP contribution in [0.3, 0.4) is 0 Å². The number of nitrogens with zero attached hydrogens (tertiary/aromatic N) is 1. The summed E-state index contributed by atoms with van der Waals surface area (Å²) in [5.74, 6) is -0.423. The number of aliphatic hydroxyl groups excluding tert-OH is 1. The van der Waals surface area contributed by atoms with Crippen LogP contribution >= 0.6 is 0 Å². The Morgan fingerprint density at radius 3 is 2.24 bits per heavy atom. The van der Waals surface area contributed by atoms with E-state index in [9.17, 15) is 14.7 Å². The highest BCUT2D eigenvalue weighted by Crippen LogP contribution is 2.53. The van der Waals surface area contributed by atoms with Crippen molar-refractivity contribution in [2.45, 2.75) is 116 Å². The Labute approximate surface area is 267 Å². The lowest BCUT2D eigenvalue weighted by Gasteiger charge is -2.41. The SMILES string of the molecule is CC1(C)CC2CC(C)(CN2C[C@@H]2C[C@H](c3ccc(CO)cc3)O[C@H](c3ccc(CNC(=O)CCCCCC(=O)NO)cc3)O2)C1. The molecule has 0 spiro atoms. The molecule has 0 aromatic heterocycles. The van der Waals surface area contributed by atoms with E-state index in [1.54, 1.807) is 5.48 Å². The third kappa shape index (κ3) is 9.14. The van der Waals surface area contributed by atoms with Crippen molar-refractivity contribution < 1.29 is 29.4 Å². The van der Waals surface area contributed by atoms with Crippen molar-refractivity contribution in [2.75, 3.05) is 13.1 Å². The van der Waals surface area contributed by atoms with Crippen LogP contribution < -0.4 is 10.8 Å². The van der Waals surface area contributed by atoms with E-state index in [1.807, 2.05) is 36.4 Å². The van der Waals surface area contributed by atoms with E-state index in [2.05, 4.69) is 43.1 Å². The number of likely N-dealkylation sites (tertiary alicyclic amines) is 1. The lowest BCUT2D eigenvalue weighted by Crippen LogP contribution is -2.42. The van der Waals surface area contributed by atoms with E-state index < -0.39 is 12.2 Å². The van der Waals surface area contributed by atoms with Crippen LogP contribution in [0.15, 0.2) is 48.5 Å². The first-order chi connectivity index (χ1) is 21.5. The largest absolute Gasteiger partial charge is 0.392 e. The second kappa shape index (κ2) is 14.7. The smallest absolute Gasteiger partial charge is 0.243 e. The van der Waals surface area contributed by atoms with Gasteiger partial charge >= 0.3 is 0 Å². The van der Waals surface area contributed by atoms with Crippen LogP contribution in [0.1, 0.15) is 113 Å². The van der Waals surface area contributed by atoms with Crippen molar-refractivity contribution in [3.63, 3.8) is 0 Å². The Hall–Kier alpha value is -2.82. The van der Waals surface area contributed by atoms with Gasteiger partial charge in [0.05, 0.1) is 18.8 Å². The van der Waals surface area contributed by atoms with Gasteiger partial charge in [0.25, 0.3) is 0 Å². The number of carbonyl (C=O) groups excluding carboxylic acids is 2. The highest BCUT2D eigenvalue weighted by Gasteiger charge is 2.50. The summed E-state index contributed by atoms with van der Waals surface area (Å²) in [5, 5.41) is 21.1. The summed E-state index contributed by atoms with van der Waals surface area (Å²) < 4.78 is 13.3. The van der Waals surface area contributed by atoms with Crippen LogP contribution in [0.5, 0.6) is 0 Å². The summed E-state index contributed by atoms with van der Waals surface area (Å²) in [5.41, 5.74) is 6.27. The first-order valence-corrected chi connectivity index (χ1v) is 16.6. The van der Waals surface area contributed by atoms with E-state index >= 15 is 0 Å². The van der Waals surface area contributed by atoms with Crippen LogP contribution in [-0.2, 0) is 32.2 Å². The number of ether oxygens (including phenoxy) is 2. The quantitative estimate of drug-likeness (QED) is 0.129. The van der Waals surface area contributed by atoms with Gasteiger partial charge in [0.15, 0.2) is 6.29 Å². The van der Waals surface area contributed by atoms with Crippen molar-refractivity contribution in [1.82, 2.24) is 15.7 Å². The monoisotopic (exact) mass is 621 g/mol. The summed E-state index contributed by atoms with van der Waals surface area (Å²) in [6.45, 7) is 9.73. The summed E-state index contributed by atoms with van der Waals surface area (Å²) in [4.78, 5) is 26.1. The molecule has 9 heteroatoms. The molecule has 5 rings (SSSR count). The van der Waals surface area contributed by atoms with Crippen LogP contribution in [-0.4, -0.2) is 52.3 Å². The molecule has 2 aliphatic heterocycles. The van der Waals surface area contributed by atoms with Crippen LogP contribution in [0, 0.1) is 10.8 Å². The van der Waals surface area contributed by atoms with Gasteiger partial charge in [0.2, 0.25) is 11.8 Å². The molecule has 4 N–H and O–H groups in total. The lowest BCUT2D eigenvalue weighted by molar-refractivity contribution is -0.253. The number of nitrogens with one attached hydrogen (secondary N) is 2. The highest BCUT2D eigenvalue weighted by atomic mass is 16.7. The molecular weight excluding hydrogens is 570 g/mol. The molecule has 9 nitrogen and oxygen atoms in total. The molecule has 1 aliphatic carbocycles. The van der Waals surface area contributed by atoms with Crippen LogP contribution in [0.4, 0.5) is 0 Å². The van der Waals surface area contributed by atoms with Crippen molar-refractivity contribution in [1.29, 1.82) is 0 Å². The molecule has 2 aromatic rings. The number of hydrogen-bond acceptors (Lipinski definition) is 7. The van der Waals surface area contributed by atoms with Gasteiger partial charge in [-0.05, 0) is 59.6 Å². The standard InChI is InChI=1S/C36H51N3O6/c1-35(2)18-29-19-36(3,23-35)24-39(29)21-30-17-31(27-13-11-26(22-40)12-14-27)45-34(44-30)28-15-9-25(10-16-28)20-37-32(41)7-5-4-6-8-33(42)38-43/h9-16,29-31,34,40,43H,4-8,17-24H2,1-3H3,(H,37,41)(H,38,42)/t29?,30-,31+,34+,36?/m0/s1. The minimum atomic E-state index is -0.503. The molecule has 5 atom stereocenters. The van der Waals surface area contributed by atoms with E-state index in [-0.39, 0.29) is 31.1 Å². The number of carbonyl (C=O) groups is 2. The van der Waals surface area contributed by atoms with Crippen LogP contribution in [0.25, 0.3) is 0 Å². The maximum absolute atomic E-state index is 12.3. The second-order valence-electron chi connectivity index (χ2n) is 14.6. The summed E-state index contributed by atoms with van der Waals surface area (Å²) in [6, 6.07) is 16.7. The predicted octanol–water partition coefficient (Wildman–Crippen LogP) is 5.70. The molecule has 1 saturated carbocycles. The van der Waals surface area contributed by atoms with Gasteiger partial charge in [-0.1, -0.05) is 75.7 Å². The molecule has 2 aromatic carbocycles. The molecule has 2 heterocycles. The first kappa shape index (κ1) is 33.5. The average molecular weight is 622 g/mol. The van der Waals surface area contributed by atoms with Crippen molar-refractivity contribution in [3.8, 4) is 0 Å². The van der Waals surface area contributed by atoms with Gasteiger partial charge in [0.1, 0.15) is 0 Å². The molecule has 45 heavy (non-hydrogen) atoms. The zero-order valence-electron chi connectivity index (χ0n) is 27.1. The fourth-order valence-corrected chi connectivity index (χ4v) is 7.97. The normalized spacial score (nSPS) is 27.7. The Morgan fingerprint density at radius 2 is 1.56 bits per heavy atom. The van der Waals surface area contributed by atoms with Gasteiger partial charge in [-0.15, -0.1) is 0 Å². The number of fused-ring (bicyclic) bond motifs is 2. The Kier molecular flexibility index (Phi) is 11.0. The number of rotatable bonds is 13. The Bertz CT molecular complexity index is 1280. The van der Waals surface area contributed by atoms with Crippen molar-refractivity contribution in [2.24, 2.45) is 10.8 Å². The van der Waals surface area contributed by atoms with Gasteiger partial charge in [-0.3, -0.25) is 19.7 Å². The van der Waals surface area contributed by atoms with Crippen molar-refractivity contribution in [3.05, 3.63) is 70.8 Å². The van der Waals surface area contributed by atoms with Crippen molar-refractivity contribution >= 4 is 11.8 Å². The third-order valence-electron chi connectivity index (χ3n) is 9.75. The molecule has 0 radical (unpaired) electrons. The molecule has 2 saturated heterocycles. The molecule has 3 fully saturated rings. The maximum atomic E-state index is 12.3. The molecule has 3 aliphatic rings. The van der Waals surface area contributed by atoms with E-state index in [1.165, 1.54) is 19.3 Å². The van der Waals surface area contributed by atoms with Crippen LogP contribution in [0.2, 0.25) is 0 Å². The number of hydroxylamine groups is 1. The molecule has 246 valence electrons. The molecule has 2 bridgehead atoms. The fourth-order valence-electron chi connectivity index (χ4n) is 7.97. The summed E-state index contributed by atoms with van der Waals surface area (Å²) in [7, 11) is 0. The number of benzene rings is 2. The minimum Gasteiger partial charge on any atom is -0.392 e. The number of aliphatic hydroxyl groups is 1. The Morgan fingerprint density at radius 1 is 0.889 bits per heavy atom. The molecular formula is C36H51N3O6. The number of amides is 2.